The van der Waals surface area contributed by atoms with Crippen LogP contribution in [0.15, 0.2) is 24.4 Å². The number of hydrogen-bond donors (Lipinski definition) is 1. The first kappa shape index (κ1) is 21.0. The zero-order valence-electron chi connectivity index (χ0n) is 14.1. The summed E-state index contributed by atoms with van der Waals surface area (Å²) in [7, 11) is 0. The van der Waals surface area contributed by atoms with E-state index in [0.29, 0.717) is 12.6 Å². The van der Waals surface area contributed by atoms with E-state index in [0.717, 1.165) is 51.6 Å². The zero-order valence-corrected chi connectivity index (χ0v) is 15.7. The molecule has 2 saturated heterocycles. The van der Waals surface area contributed by atoms with Crippen LogP contribution in [0.3, 0.4) is 0 Å². The third-order valence-electron chi connectivity index (χ3n) is 4.43. The lowest BCUT2D eigenvalue weighted by molar-refractivity contribution is -0.133. The molecule has 1 unspecified atom stereocenters. The monoisotopic (exact) mass is 375 g/mol. The minimum atomic E-state index is 0. The number of aromatic nitrogens is 1. The molecular formula is C16H27Cl2N5O. The summed E-state index contributed by atoms with van der Waals surface area (Å²) in [4.78, 5) is 23.3. The normalized spacial score (nSPS) is 21.6. The van der Waals surface area contributed by atoms with Gasteiger partial charge >= 0.3 is 0 Å². The minimum absolute atomic E-state index is 0. The van der Waals surface area contributed by atoms with Crippen LogP contribution in [0.2, 0.25) is 0 Å². The Balaban J connectivity index is 0.00000144. The van der Waals surface area contributed by atoms with Crippen molar-refractivity contribution in [1.29, 1.82) is 0 Å². The summed E-state index contributed by atoms with van der Waals surface area (Å²) in [5, 5.41) is 3.37. The van der Waals surface area contributed by atoms with Gasteiger partial charge in [0.15, 0.2) is 0 Å². The van der Waals surface area contributed by atoms with Crippen LogP contribution in [0, 0.1) is 0 Å². The van der Waals surface area contributed by atoms with E-state index in [1.807, 2.05) is 29.3 Å². The number of amides is 1. The van der Waals surface area contributed by atoms with E-state index < -0.39 is 0 Å². The van der Waals surface area contributed by atoms with Gasteiger partial charge in [-0.2, -0.15) is 0 Å². The van der Waals surface area contributed by atoms with Gasteiger partial charge in [0, 0.05) is 58.1 Å². The van der Waals surface area contributed by atoms with Crippen LogP contribution in [0.4, 0.5) is 5.82 Å². The van der Waals surface area contributed by atoms with Crippen molar-refractivity contribution >= 4 is 36.5 Å². The first-order valence-corrected chi connectivity index (χ1v) is 8.12. The molecule has 0 saturated carbocycles. The number of anilines is 1. The molecule has 2 fully saturated rings. The fourth-order valence-corrected chi connectivity index (χ4v) is 3.13. The average molecular weight is 376 g/mol. The maximum absolute atomic E-state index is 12.4. The van der Waals surface area contributed by atoms with E-state index in [9.17, 15) is 4.79 Å². The van der Waals surface area contributed by atoms with Gasteiger partial charge in [0.05, 0.1) is 6.54 Å². The molecule has 136 valence electrons. The number of piperazine rings is 2. The fraction of sp³-hybridized carbons (Fsp3) is 0.625. The van der Waals surface area contributed by atoms with E-state index in [2.05, 4.69) is 27.0 Å². The lowest BCUT2D eigenvalue weighted by atomic mass is 10.2. The Bertz CT molecular complexity index is 497. The second-order valence-electron chi connectivity index (χ2n) is 6.15. The second-order valence-corrected chi connectivity index (χ2v) is 6.15. The smallest absolute Gasteiger partial charge is 0.236 e. The first-order chi connectivity index (χ1) is 10.7. The number of carbonyl (C=O) groups excluding carboxylic acids is 1. The molecule has 3 heterocycles. The molecule has 2 aliphatic heterocycles. The Morgan fingerprint density at radius 1 is 1.21 bits per heavy atom. The number of hydrogen-bond acceptors (Lipinski definition) is 5. The van der Waals surface area contributed by atoms with Crippen LogP contribution in [-0.4, -0.2) is 79.1 Å². The molecule has 24 heavy (non-hydrogen) atoms. The summed E-state index contributed by atoms with van der Waals surface area (Å²) in [5.41, 5.74) is 0. The van der Waals surface area contributed by atoms with Crippen molar-refractivity contribution in [3.63, 3.8) is 0 Å². The molecule has 1 amide bonds. The van der Waals surface area contributed by atoms with E-state index in [1.54, 1.807) is 0 Å². The first-order valence-electron chi connectivity index (χ1n) is 8.12. The molecular weight excluding hydrogens is 349 g/mol. The van der Waals surface area contributed by atoms with Gasteiger partial charge in [-0.3, -0.25) is 9.69 Å². The highest BCUT2D eigenvalue weighted by Gasteiger charge is 2.24. The summed E-state index contributed by atoms with van der Waals surface area (Å²) in [6, 6.07) is 6.40. The number of halogens is 2. The molecule has 8 heteroatoms. The van der Waals surface area contributed by atoms with Crippen LogP contribution >= 0.6 is 24.8 Å². The number of rotatable bonds is 3. The summed E-state index contributed by atoms with van der Waals surface area (Å²) < 4.78 is 0. The van der Waals surface area contributed by atoms with Gasteiger partial charge in [-0.05, 0) is 19.1 Å². The van der Waals surface area contributed by atoms with Gasteiger partial charge in [0.25, 0.3) is 0 Å². The molecule has 0 aliphatic carbocycles. The average Bonchev–Trinajstić information content (AvgIpc) is 2.56. The summed E-state index contributed by atoms with van der Waals surface area (Å²) >= 11 is 0. The maximum Gasteiger partial charge on any atom is 0.236 e. The highest BCUT2D eigenvalue weighted by Crippen LogP contribution is 2.12. The molecule has 3 rings (SSSR count). The van der Waals surface area contributed by atoms with Gasteiger partial charge in [-0.1, -0.05) is 6.07 Å². The Hall–Kier alpha value is -1.08. The highest BCUT2D eigenvalue weighted by molar-refractivity contribution is 5.85. The topological polar surface area (TPSA) is 51.7 Å². The summed E-state index contributed by atoms with van der Waals surface area (Å²) in [6.45, 7) is 8.94. The largest absolute Gasteiger partial charge is 0.354 e. The Morgan fingerprint density at radius 3 is 2.58 bits per heavy atom. The van der Waals surface area contributed by atoms with Crippen LogP contribution in [-0.2, 0) is 4.79 Å². The van der Waals surface area contributed by atoms with Crippen molar-refractivity contribution in [2.75, 3.05) is 57.3 Å². The van der Waals surface area contributed by atoms with Crippen molar-refractivity contribution in [3.05, 3.63) is 24.4 Å². The number of pyridine rings is 1. The van der Waals surface area contributed by atoms with Crippen LogP contribution in [0.1, 0.15) is 6.92 Å². The van der Waals surface area contributed by atoms with Crippen LogP contribution in [0.25, 0.3) is 0 Å². The molecule has 2 aliphatic rings. The van der Waals surface area contributed by atoms with E-state index in [1.165, 1.54) is 0 Å². The number of nitrogens with zero attached hydrogens (tertiary/aromatic N) is 4. The molecule has 1 N–H and O–H groups in total. The standard InChI is InChI=1S/C16H25N5O.2ClH/c1-14-12-21(7-6-17-14)16(22)13-19-8-10-20(11-9-19)15-4-2-3-5-18-15;;/h2-5,14,17H,6-13H2,1H3;2*1H. The molecule has 6 nitrogen and oxygen atoms in total. The van der Waals surface area contributed by atoms with E-state index >= 15 is 0 Å². The van der Waals surface area contributed by atoms with Gasteiger partial charge in [0.2, 0.25) is 5.91 Å². The van der Waals surface area contributed by atoms with Gasteiger partial charge < -0.3 is 15.1 Å². The van der Waals surface area contributed by atoms with Gasteiger partial charge in [0.1, 0.15) is 5.82 Å². The predicted octanol–water partition coefficient (Wildman–Crippen LogP) is 0.867. The molecule has 1 atom stereocenters. The van der Waals surface area contributed by atoms with Crippen molar-refractivity contribution < 1.29 is 4.79 Å². The lowest BCUT2D eigenvalue weighted by Crippen LogP contribution is -2.55. The third kappa shape index (κ3) is 5.48. The summed E-state index contributed by atoms with van der Waals surface area (Å²) in [5.74, 6) is 1.30. The zero-order chi connectivity index (χ0) is 15.4. The number of carbonyl (C=O) groups is 1. The van der Waals surface area contributed by atoms with Crippen molar-refractivity contribution in [2.45, 2.75) is 13.0 Å². The third-order valence-corrected chi connectivity index (χ3v) is 4.43. The quantitative estimate of drug-likeness (QED) is 0.849. The number of nitrogens with one attached hydrogen (secondary N) is 1. The molecule has 1 aromatic rings. The Kier molecular flexibility index (Phi) is 8.76. The lowest BCUT2D eigenvalue weighted by Gasteiger charge is -2.37. The summed E-state index contributed by atoms with van der Waals surface area (Å²) in [6.07, 6.45) is 1.83. The highest BCUT2D eigenvalue weighted by atomic mass is 35.5. The molecule has 0 spiro atoms. The molecule has 1 aromatic heterocycles. The second kappa shape index (κ2) is 10.0. The van der Waals surface area contributed by atoms with Gasteiger partial charge in [-0.15, -0.1) is 24.8 Å². The van der Waals surface area contributed by atoms with Crippen LogP contribution < -0.4 is 10.2 Å². The Morgan fingerprint density at radius 2 is 1.96 bits per heavy atom. The van der Waals surface area contributed by atoms with E-state index in [-0.39, 0.29) is 30.7 Å². The van der Waals surface area contributed by atoms with Crippen LogP contribution in [0.5, 0.6) is 0 Å². The molecule has 0 radical (unpaired) electrons. The minimum Gasteiger partial charge on any atom is -0.354 e. The van der Waals surface area contributed by atoms with Crippen molar-refractivity contribution in [1.82, 2.24) is 20.1 Å². The van der Waals surface area contributed by atoms with E-state index in [4.69, 9.17) is 0 Å². The fourth-order valence-electron chi connectivity index (χ4n) is 3.13. The SMILES string of the molecule is CC1CN(C(=O)CN2CCN(c3ccccn3)CC2)CCN1.Cl.Cl. The van der Waals surface area contributed by atoms with Gasteiger partial charge in [-0.25, -0.2) is 4.98 Å². The molecule has 0 aromatic carbocycles. The predicted molar refractivity (Wildman–Crippen MR) is 101 cm³/mol. The van der Waals surface area contributed by atoms with Crippen molar-refractivity contribution in [3.8, 4) is 0 Å². The maximum atomic E-state index is 12.4. The van der Waals surface area contributed by atoms with Crippen molar-refractivity contribution in [2.24, 2.45) is 0 Å². The molecule has 0 bridgehead atoms. The Labute approximate surface area is 156 Å².